The fourth-order valence-electron chi connectivity index (χ4n) is 2.97. The summed E-state index contributed by atoms with van der Waals surface area (Å²) in [6.45, 7) is 2.94. The minimum atomic E-state index is -3.49. The Hall–Kier alpha value is -1.52. The van der Waals surface area contributed by atoms with Crippen LogP contribution in [-0.4, -0.2) is 61.0 Å². The van der Waals surface area contributed by atoms with Crippen LogP contribution in [0.15, 0.2) is 0 Å². The van der Waals surface area contributed by atoms with Crippen molar-refractivity contribution in [2.24, 2.45) is 0 Å². The van der Waals surface area contributed by atoms with Gasteiger partial charge in [-0.1, -0.05) is 0 Å². The number of nitrogens with zero attached hydrogens (tertiary/aromatic N) is 5. The zero-order valence-electron chi connectivity index (χ0n) is 13.9. The molecule has 1 aromatic rings. The monoisotopic (exact) mass is 356 g/mol. The van der Waals surface area contributed by atoms with Crippen molar-refractivity contribution in [1.29, 1.82) is 0 Å². The molecule has 2 saturated heterocycles. The van der Waals surface area contributed by atoms with Gasteiger partial charge in [-0.3, -0.25) is 0 Å². The molecule has 2 aliphatic heterocycles. The van der Waals surface area contributed by atoms with Crippen LogP contribution in [0.4, 0.5) is 5.95 Å². The number of nitrogens with one attached hydrogen (secondary N) is 1. The van der Waals surface area contributed by atoms with Gasteiger partial charge in [0.15, 0.2) is 5.82 Å². The topological polar surface area (TPSA) is 101 Å². The van der Waals surface area contributed by atoms with E-state index < -0.39 is 10.2 Å². The fraction of sp³-hybridized carbons (Fsp3) is 0.786. The molecule has 0 aliphatic carbocycles. The summed E-state index contributed by atoms with van der Waals surface area (Å²) in [6.07, 6.45) is 5.22. The summed E-state index contributed by atoms with van der Waals surface area (Å²) in [5.41, 5.74) is 0. The number of ether oxygens (including phenoxy) is 1. The summed E-state index contributed by atoms with van der Waals surface area (Å²) in [7, 11) is -1.99. The van der Waals surface area contributed by atoms with Gasteiger partial charge in [-0.2, -0.15) is 32.4 Å². The van der Waals surface area contributed by atoms with Crippen molar-refractivity contribution < 1.29 is 13.2 Å². The van der Waals surface area contributed by atoms with Gasteiger partial charge < -0.3 is 9.64 Å². The molecule has 0 spiro atoms. The molecule has 0 saturated carbocycles. The first-order valence-electron chi connectivity index (χ1n) is 8.37. The lowest BCUT2D eigenvalue weighted by molar-refractivity contribution is 0.374. The number of anilines is 1. The maximum atomic E-state index is 12.2. The summed E-state index contributed by atoms with van der Waals surface area (Å²) < 4.78 is 33.7. The Balaban J connectivity index is 1.72. The quantitative estimate of drug-likeness (QED) is 0.782. The SMILES string of the molecule is COc1nc(CNS(=O)(=O)N2CCCC2)nc(N2CCCCC2)n1. The van der Waals surface area contributed by atoms with E-state index >= 15 is 0 Å². The highest BCUT2D eigenvalue weighted by atomic mass is 32.2. The van der Waals surface area contributed by atoms with Gasteiger partial charge in [0.2, 0.25) is 5.95 Å². The highest BCUT2D eigenvalue weighted by Crippen LogP contribution is 2.18. The molecule has 24 heavy (non-hydrogen) atoms. The van der Waals surface area contributed by atoms with Gasteiger partial charge in [0.05, 0.1) is 13.7 Å². The Morgan fingerprint density at radius 2 is 1.67 bits per heavy atom. The number of aromatic nitrogens is 3. The predicted molar refractivity (Wildman–Crippen MR) is 89.0 cm³/mol. The minimum Gasteiger partial charge on any atom is -0.467 e. The van der Waals surface area contributed by atoms with E-state index in [1.807, 2.05) is 0 Å². The second-order valence-electron chi connectivity index (χ2n) is 6.02. The zero-order valence-corrected chi connectivity index (χ0v) is 14.8. The smallest absolute Gasteiger partial charge is 0.321 e. The summed E-state index contributed by atoms with van der Waals surface area (Å²) >= 11 is 0. The van der Waals surface area contributed by atoms with Crippen LogP contribution in [0.25, 0.3) is 0 Å². The first kappa shape index (κ1) is 17.3. The molecule has 134 valence electrons. The van der Waals surface area contributed by atoms with Gasteiger partial charge >= 0.3 is 6.01 Å². The van der Waals surface area contributed by atoms with Crippen molar-refractivity contribution in [3.8, 4) is 6.01 Å². The molecule has 1 aromatic heterocycles. The number of hydrogen-bond donors (Lipinski definition) is 1. The molecule has 0 atom stereocenters. The Kier molecular flexibility index (Phi) is 5.47. The molecular formula is C14H24N6O3S. The van der Waals surface area contributed by atoms with E-state index in [2.05, 4.69) is 24.6 Å². The maximum Gasteiger partial charge on any atom is 0.321 e. The van der Waals surface area contributed by atoms with Crippen molar-refractivity contribution >= 4 is 16.2 Å². The third kappa shape index (κ3) is 4.11. The summed E-state index contributed by atoms with van der Waals surface area (Å²) in [4.78, 5) is 15.0. The second kappa shape index (κ2) is 7.58. The standard InChI is InChI=1S/C14H24N6O3S/c1-23-14-17-12(11-15-24(21,22)20-9-5-6-10-20)16-13(18-14)19-7-3-2-4-8-19/h15H,2-11H2,1H3. The van der Waals surface area contributed by atoms with E-state index in [1.165, 1.54) is 17.8 Å². The normalized spacial score (nSPS) is 19.6. The van der Waals surface area contributed by atoms with Crippen LogP contribution in [0.2, 0.25) is 0 Å². The molecule has 3 rings (SSSR count). The molecule has 0 radical (unpaired) electrons. The van der Waals surface area contributed by atoms with E-state index in [-0.39, 0.29) is 12.6 Å². The number of hydrogen-bond acceptors (Lipinski definition) is 7. The van der Waals surface area contributed by atoms with Crippen LogP contribution in [0.5, 0.6) is 6.01 Å². The molecule has 10 heteroatoms. The average Bonchev–Trinajstić information content (AvgIpc) is 3.16. The largest absolute Gasteiger partial charge is 0.467 e. The zero-order chi connectivity index (χ0) is 17.0. The lowest BCUT2D eigenvalue weighted by Crippen LogP contribution is -2.39. The van der Waals surface area contributed by atoms with Gasteiger partial charge in [0.1, 0.15) is 0 Å². The Bertz CT molecular complexity index is 656. The molecule has 1 N–H and O–H groups in total. The van der Waals surface area contributed by atoms with Crippen LogP contribution in [0.3, 0.4) is 0 Å². The first-order chi connectivity index (χ1) is 11.6. The van der Waals surface area contributed by atoms with Gasteiger partial charge in [0.25, 0.3) is 10.2 Å². The third-order valence-corrected chi connectivity index (χ3v) is 5.84. The Morgan fingerprint density at radius 3 is 2.33 bits per heavy atom. The highest BCUT2D eigenvalue weighted by Gasteiger charge is 2.25. The molecule has 9 nitrogen and oxygen atoms in total. The van der Waals surface area contributed by atoms with Gasteiger partial charge in [0, 0.05) is 26.2 Å². The van der Waals surface area contributed by atoms with E-state index in [0.29, 0.717) is 24.9 Å². The Labute approximate surface area is 142 Å². The second-order valence-corrected chi connectivity index (χ2v) is 7.77. The molecule has 0 bridgehead atoms. The molecule has 0 aromatic carbocycles. The highest BCUT2D eigenvalue weighted by molar-refractivity contribution is 7.87. The summed E-state index contributed by atoms with van der Waals surface area (Å²) in [5.74, 6) is 0.919. The average molecular weight is 356 g/mol. The predicted octanol–water partition coefficient (Wildman–Crippen LogP) is 0.301. The number of piperidine rings is 1. The van der Waals surface area contributed by atoms with Crippen LogP contribution in [-0.2, 0) is 16.8 Å². The molecule has 0 unspecified atom stereocenters. The molecule has 2 fully saturated rings. The van der Waals surface area contributed by atoms with Crippen molar-refractivity contribution in [3.05, 3.63) is 5.82 Å². The van der Waals surface area contributed by atoms with E-state index in [4.69, 9.17) is 4.74 Å². The van der Waals surface area contributed by atoms with Crippen molar-refractivity contribution in [1.82, 2.24) is 24.0 Å². The van der Waals surface area contributed by atoms with Crippen molar-refractivity contribution in [2.75, 3.05) is 38.2 Å². The third-order valence-electron chi connectivity index (χ3n) is 4.29. The lowest BCUT2D eigenvalue weighted by Gasteiger charge is -2.26. The van der Waals surface area contributed by atoms with Gasteiger partial charge in [-0.15, -0.1) is 0 Å². The van der Waals surface area contributed by atoms with Crippen molar-refractivity contribution in [2.45, 2.75) is 38.6 Å². The summed E-state index contributed by atoms with van der Waals surface area (Å²) in [6, 6.07) is 0.209. The fourth-order valence-corrected chi connectivity index (χ4v) is 4.20. The Morgan fingerprint density at radius 1 is 1.00 bits per heavy atom. The van der Waals surface area contributed by atoms with Gasteiger partial charge in [-0.05, 0) is 32.1 Å². The minimum absolute atomic E-state index is 0.0263. The van der Waals surface area contributed by atoms with Crippen LogP contribution >= 0.6 is 0 Å². The van der Waals surface area contributed by atoms with E-state index in [0.717, 1.165) is 38.8 Å². The molecule has 3 heterocycles. The summed E-state index contributed by atoms with van der Waals surface area (Å²) in [5, 5.41) is 0. The van der Waals surface area contributed by atoms with Crippen molar-refractivity contribution in [3.63, 3.8) is 0 Å². The maximum absolute atomic E-state index is 12.2. The van der Waals surface area contributed by atoms with Crippen LogP contribution in [0.1, 0.15) is 37.9 Å². The molecule has 2 aliphatic rings. The van der Waals surface area contributed by atoms with E-state index in [9.17, 15) is 8.42 Å². The molecule has 0 amide bonds. The first-order valence-corrected chi connectivity index (χ1v) is 9.81. The van der Waals surface area contributed by atoms with Gasteiger partial charge in [-0.25, -0.2) is 0 Å². The van der Waals surface area contributed by atoms with E-state index in [1.54, 1.807) is 0 Å². The van der Waals surface area contributed by atoms with Crippen LogP contribution in [0, 0.1) is 0 Å². The van der Waals surface area contributed by atoms with Crippen LogP contribution < -0.4 is 14.4 Å². The lowest BCUT2D eigenvalue weighted by atomic mass is 10.1. The number of methoxy groups -OCH3 is 1. The number of rotatable bonds is 6. The molecular weight excluding hydrogens is 332 g/mol.